The summed E-state index contributed by atoms with van der Waals surface area (Å²) < 4.78 is 5.48. The highest BCUT2D eigenvalue weighted by atomic mass is 16.5. The van der Waals surface area contributed by atoms with Crippen LogP contribution in [-0.2, 0) is 9.53 Å². The Bertz CT molecular complexity index is 489. The summed E-state index contributed by atoms with van der Waals surface area (Å²) in [6.45, 7) is 1.18. The number of anilines is 1. The molecule has 1 fully saturated rings. The Morgan fingerprint density at radius 1 is 1.35 bits per heavy atom. The molecular weight excluding hydrogens is 252 g/mol. The molecule has 0 radical (unpaired) electrons. The van der Waals surface area contributed by atoms with Gasteiger partial charge in [0, 0.05) is 6.61 Å². The number of hydrogen-bond donors (Lipinski definition) is 1. The van der Waals surface area contributed by atoms with Crippen molar-refractivity contribution < 1.29 is 9.53 Å². The fourth-order valence-electron chi connectivity index (χ4n) is 2.20. The van der Waals surface area contributed by atoms with Gasteiger partial charge in [-0.3, -0.25) is 4.79 Å². The summed E-state index contributed by atoms with van der Waals surface area (Å²) in [4.78, 5) is 11.7. The van der Waals surface area contributed by atoms with Gasteiger partial charge >= 0.3 is 0 Å². The van der Waals surface area contributed by atoms with E-state index in [9.17, 15) is 4.79 Å². The Hall–Kier alpha value is -1.86. The van der Waals surface area contributed by atoms with Crippen LogP contribution < -0.4 is 5.32 Å². The zero-order chi connectivity index (χ0) is 14.2. The summed E-state index contributed by atoms with van der Waals surface area (Å²) >= 11 is 0. The highest BCUT2D eigenvalue weighted by molar-refractivity contribution is 5.92. The van der Waals surface area contributed by atoms with Gasteiger partial charge in [0.25, 0.3) is 0 Å². The quantitative estimate of drug-likeness (QED) is 0.776. The number of carbonyl (C=O) groups excluding carboxylic acids is 1. The third kappa shape index (κ3) is 4.36. The number of hydrogen-bond acceptors (Lipinski definition) is 3. The second kappa shape index (κ2) is 7.66. The maximum atomic E-state index is 11.7. The summed E-state index contributed by atoms with van der Waals surface area (Å²) in [6, 6.07) is 9.04. The van der Waals surface area contributed by atoms with E-state index < -0.39 is 0 Å². The van der Waals surface area contributed by atoms with Crippen molar-refractivity contribution in [3.63, 3.8) is 0 Å². The third-order valence-corrected chi connectivity index (χ3v) is 3.69. The number of amides is 1. The number of ether oxygens (including phenoxy) is 1. The smallest absolute Gasteiger partial charge is 0.226 e. The lowest BCUT2D eigenvalue weighted by atomic mass is 9.83. The fraction of sp³-hybridized carbons (Fsp3) is 0.500. The molecule has 4 heteroatoms. The summed E-state index contributed by atoms with van der Waals surface area (Å²) in [5.74, 6) is 0.725. The van der Waals surface area contributed by atoms with Crippen LogP contribution in [0.5, 0.6) is 0 Å². The molecule has 1 aromatic rings. The monoisotopic (exact) mass is 272 g/mol. The predicted octanol–water partition coefficient (Wildman–Crippen LogP) is 3.09. The number of carbonyl (C=O) groups is 1. The van der Waals surface area contributed by atoms with Crippen LogP contribution in [0.25, 0.3) is 0 Å². The molecule has 0 heterocycles. The van der Waals surface area contributed by atoms with Gasteiger partial charge in [-0.05, 0) is 24.5 Å². The molecule has 1 aromatic carbocycles. The largest absolute Gasteiger partial charge is 0.381 e. The zero-order valence-electron chi connectivity index (χ0n) is 11.6. The minimum atomic E-state index is -0.114. The highest BCUT2D eigenvalue weighted by Crippen LogP contribution is 2.29. The highest BCUT2D eigenvalue weighted by Gasteiger charge is 2.16. The number of nitrogens with zero attached hydrogens (tertiary/aromatic N) is 1. The van der Waals surface area contributed by atoms with Crippen LogP contribution in [0.15, 0.2) is 24.3 Å². The van der Waals surface area contributed by atoms with Crippen LogP contribution in [0.2, 0.25) is 0 Å². The van der Waals surface area contributed by atoms with Crippen molar-refractivity contribution in [3.8, 4) is 6.07 Å². The molecule has 20 heavy (non-hydrogen) atoms. The fourth-order valence-corrected chi connectivity index (χ4v) is 2.20. The number of para-hydroxylation sites is 1. The SMILES string of the molecule is N#Cc1ccccc1NC(=O)CCOCCC1CCC1. The van der Waals surface area contributed by atoms with Gasteiger partial charge in [0.1, 0.15) is 6.07 Å². The van der Waals surface area contributed by atoms with Crippen molar-refractivity contribution in [2.24, 2.45) is 5.92 Å². The minimum Gasteiger partial charge on any atom is -0.381 e. The zero-order valence-corrected chi connectivity index (χ0v) is 11.6. The molecule has 1 aliphatic rings. The molecule has 0 atom stereocenters. The minimum absolute atomic E-state index is 0.114. The van der Waals surface area contributed by atoms with Gasteiger partial charge in [-0.1, -0.05) is 31.4 Å². The standard InChI is InChI=1S/C16H20N2O2/c17-12-14-6-1-2-7-15(14)18-16(19)9-11-20-10-8-13-4-3-5-13/h1-2,6-7,13H,3-5,8-11H2,(H,18,19). The van der Waals surface area contributed by atoms with E-state index in [0.717, 1.165) is 18.9 Å². The third-order valence-electron chi connectivity index (χ3n) is 3.69. The number of nitriles is 1. The molecule has 0 spiro atoms. The number of benzene rings is 1. The molecule has 106 valence electrons. The van der Waals surface area contributed by atoms with Crippen molar-refractivity contribution in [1.29, 1.82) is 5.26 Å². The molecule has 0 bridgehead atoms. The topological polar surface area (TPSA) is 62.1 Å². The molecule has 0 unspecified atom stereocenters. The van der Waals surface area contributed by atoms with Crippen LogP contribution in [0, 0.1) is 17.2 Å². The molecule has 0 aromatic heterocycles. The lowest BCUT2D eigenvalue weighted by Gasteiger charge is -2.24. The Labute approximate surface area is 119 Å². The Kier molecular flexibility index (Phi) is 5.57. The molecule has 1 N–H and O–H groups in total. The molecule has 4 nitrogen and oxygen atoms in total. The van der Waals surface area contributed by atoms with Gasteiger partial charge in [0.15, 0.2) is 0 Å². The molecule has 0 aliphatic heterocycles. The molecular formula is C16H20N2O2. The first-order chi connectivity index (χ1) is 9.79. The van der Waals surface area contributed by atoms with Crippen LogP contribution in [-0.4, -0.2) is 19.1 Å². The summed E-state index contributed by atoms with van der Waals surface area (Å²) in [5.41, 5.74) is 1.04. The molecule has 2 rings (SSSR count). The van der Waals surface area contributed by atoms with Crippen LogP contribution in [0.1, 0.15) is 37.7 Å². The van der Waals surface area contributed by atoms with E-state index >= 15 is 0 Å². The first-order valence-electron chi connectivity index (χ1n) is 7.16. The maximum absolute atomic E-state index is 11.7. The van der Waals surface area contributed by atoms with E-state index in [2.05, 4.69) is 11.4 Å². The van der Waals surface area contributed by atoms with E-state index in [-0.39, 0.29) is 5.91 Å². The van der Waals surface area contributed by atoms with Gasteiger partial charge in [-0.25, -0.2) is 0 Å². The lowest BCUT2D eigenvalue weighted by Crippen LogP contribution is -2.17. The second-order valence-corrected chi connectivity index (χ2v) is 5.15. The molecule has 1 saturated carbocycles. The van der Waals surface area contributed by atoms with Crippen molar-refractivity contribution >= 4 is 11.6 Å². The van der Waals surface area contributed by atoms with Gasteiger partial charge in [0.05, 0.1) is 24.3 Å². The van der Waals surface area contributed by atoms with E-state index in [1.807, 2.05) is 0 Å². The summed E-state index contributed by atoms with van der Waals surface area (Å²) in [5, 5.41) is 11.7. The van der Waals surface area contributed by atoms with Gasteiger partial charge < -0.3 is 10.1 Å². The van der Waals surface area contributed by atoms with Gasteiger partial charge in [-0.2, -0.15) is 5.26 Å². The van der Waals surface area contributed by atoms with Gasteiger partial charge in [0.2, 0.25) is 5.91 Å². The molecule has 0 saturated heterocycles. The van der Waals surface area contributed by atoms with Gasteiger partial charge in [-0.15, -0.1) is 0 Å². The van der Waals surface area contributed by atoms with Crippen LogP contribution >= 0.6 is 0 Å². The Balaban J connectivity index is 1.63. The van der Waals surface area contributed by atoms with Crippen molar-refractivity contribution in [1.82, 2.24) is 0 Å². The van der Waals surface area contributed by atoms with Crippen molar-refractivity contribution in [3.05, 3.63) is 29.8 Å². The predicted molar refractivity (Wildman–Crippen MR) is 77.2 cm³/mol. The van der Waals surface area contributed by atoms with E-state index in [0.29, 0.717) is 24.3 Å². The van der Waals surface area contributed by atoms with E-state index in [1.54, 1.807) is 24.3 Å². The number of nitrogens with one attached hydrogen (secondary N) is 1. The maximum Gasteiger partial charge on any atom is 0.226 e. The van der Waals surface area contributed by atoms with E-state index in [4.69, 9.17) is 10.00 Å². The summed E-state index contributed by atoms with van der Waals surface area (Å²) in [7, 11) is 0. The molecule has 1 aliphatic carbocycles. The second-order valence-electron chi connectivity index (χ2n) is 5.15. The average Bonchev–Trinajstić information content (AvgIpc) is 2.41. The lowest BCUT2D eigenvalue weighted by molar-refractivity contribution is -0.117. The average molecular weight is 272 g/mol. The van der Waals surface area contributed by atoms with Crippen LogP contribution in [0.3, 0.4) is 0 Å². The van der Waals surface area contributed by atoms with Crippen molar-refractivity contribution in [2.45, 2.75) is 32.1 Å². The first kappa shape index (κ1) is 14.5. The normalized spacial score (nSPS) is 14.3. The first-order valence-corrected chi connectivity index (χ1v) is 7.16. The Morgan fingerprint density at radius 3 is 2.85 bits per heavy atom. The Morgan fingerprint density at radius 2 is 2.15 bits per heavy atom. The van der Waals surface area contributed by atoms with Crippen molar-refractivity contribution in [2.75, 3.05) is 18.5 Å². The van der Waals surface area contributed by atoms with Crippen LogP contribution in [0.4, 0.5) is 5.69 Å². The molecule has 1 amide bonds. The summed E-state index contributed by atoms with van der Waals surface area (Å²) in [6.07, 6.45) is 5.44. The van der Waals surface area contributed by atoms with E-state index in [1.165, 1.54) is 19.3 Å². The number of rotatable bonds is 7.